The van der Waals surface area contributed by atoms with Crippen LogP contribution in [0.5, 0.6) is 5.75 Å². The highest BCUT2D eigenvalue weighted by atomic mass is 32.1. The van der Waals surface area contributed by atoms with E-state index in [4.69, 9.17) is 9.47 Å². The van der Waals surface area contributed by atoms with Crippen LogP contribution in [-0.2, 0) is 4.74 Å². The van der Waals surface area contributed by atoms with Crippen molar-refractivity contribution in [2.24, 2.45) is 0 Å². The maximum Gasteiger partial charge on any atom is 0.270 e. The zero-order valence-corrected chi connectivity index (χ0v) is 17.6. The molecule has 0 spiro atoms. The molecular formula is C21H20N4O5S. The highest BCUT2D eigenvalue weighted by Crippen LogP contribution is 2.30. The molecule has 160 valence electrons. The van der Waals surface area contributed by atoms with Gasteiger partial charge in [0.25, 0.3) is 11.6 Å². The van der Waals surface area contributed by atoms with Crippen molar-refractivity contribution in [1.29, 1.82) is 0 Å². The van der Waals surface area contributed by atoms with E-state index >= 15 is 0 Å². The second kappa shape index (κ2) is 9.11. The van der Waals surface area contributed by atoms with Gasteiger partial charge in [0.1, 0.15) is 5.75 Å². The number of ether oxygens (including phenoxy) is 2. The van der Waals surface area contributed by atoms with Crippen LogP contribution in [0.1, 0.15) is 10.4 Å². The highest BCUT2D eigenvalue weighted by molar-refractivity contribution is 7.14. The van der Waals surface area contributed by atoms with Crippen LogP contribution >= 0.6 is 11.3 Å². The fourth-order valence-corrected chi connectivity index (χ4v) is 4.00. The maximum absolute atomic E-state index is 13.0. The Morgan fingerprint density at radius 3 is 2.65 bits per heavy atom. The Morgan fingerprint density at radius 1 is 1.23 bits per heavy atom. The summed E-state index contributed by atoms with van der Waals surface area (Å²) in [5.41, 5.74) is 2.34. The number of hydrogen-bond donors (Lipinski definition) is 1. The van der Waals surface area contributed by atoms with Gasteiger partial charge in [0.2, 0.25) is 0 Å². The quantitative estimate of drug-likeness (QED) is 0.459. The monoisotopic (exact) mass is 440 g/mol. The van der Waals surface area contributed by atoms with E-state index in [0.29, 0.717) is 37.1 Å². The Bertz CT molecular complexity index is 1090. The minimum Gasteiger partial charge on any atom is -0.497 e. The van der Waals surface area contributed by atoms with Gasteiger partial charge in [-0.15, -0.1) is 11.3 Å². The standard InChI is InChI=1S/C21H20N4O5S/c1-29-16-5-2-14(3-6-16)18-13-31-21(22-18)23-20(26)17-12-15(25(27)28)4-7-19(17)24-8-10-30-11-9-24/h2-7,12-13H,8-11H2,1H3,(H,22,23,26). The number of benzene rings is 2. The average Bonchev–Trinajstić information content (AvgIpc) is 3.27. The summed E-state index contributed by atoms with van der Waals surface area (Å²) in [7, 11) is 1.60. The van der Waals surface area contributed by atoms with Crippen LogP contribution in [0.2, 0.25) is 0 Å². The predicted octanol–water partition coefficient (Wildman–Crippen LogP) is 3.82. The van der Waals surface area contributed by atoms with E-state index in [0.717, 1.165) is 17.0 Å². The van der Waals surface area contributed by atoms with Crippen molar-refractivity contribution in [2.75, 3.05) is 43.6 Å². The molecule has 1 amide bonds. The number of nitrogens with zero attached hydrogens (tertiary/aromatic N) is 3. The molecule has 0 unspecified atom stereocenters. The lowest BCUT2D eigenvalue weighted by atomic mass is 10.1. The van der Waals surface area contributed by atoms with Gasteiger partial charge < -0.3 is 14.4 Å². The van der Waals surface area contributed by atoms with Crippen molar-refractivity contribution in [3.63, 3.8) is 0 Å². The number of nitrogens with one attached hydrogen (secondary N) is 1. The van der Waals surface area contributed by atoms with E-state index < -0.39 is 10.8 Å². The summed E-state index contributed by atoms with van der Waals surface area (Å²) in [6.45, 7) is 2.29. The van der Waals surface area contributed by atoms with Gasteiger partial charge in [0, 0.05) is 36.2 Å². The lowest BCUT2D eigenvalue weighted by Crippen LogP contribution is -2.37. The number of carbonyl (C=O) groups is 1. The van der Waals surface area contributed by atoms with Crippen LogP contribution < -0.4 is 15.0 Å². The summed E-state index contributed by atoms with van der Waals surface area (Å²) in [6.07, 6.45) is 0. The number of non-ortho nitro benzene ring substituents is 1. The van der Waals surface area contributed by atoms with E-state index in [9.17, 15) is 14.9 Å². The van der Waals surface area contributed by atoms with Crippen LogP contribution in [0.25, 0.3) is 11.3 Å². The maximum atomic E-state index is 13.0. The normalized spacial score (nSPS) is 13.6. The zero-order chi connectivity index (χ0) is 21.8. The largest absolute Gasteiger partial charge is 0.497 e. The summed E-state index contributed by atoms with van der Waals surface area (Å²) in [5, 5.41) is 16.3. The van der Waals surface area contributed by atoms with Gasteiger partial charge in [-0.25, -0.2) is 4.98 Å². The summed E-state index contributed by atoms with van der Waals surface area (Å²) in [6, 6.07) is 11.8. The topological polar surface area (TPSA) is 107 Å². The van der Waals surface area contributed by atoms with Crippen molar-refractivity contribution >= 4 is 33.8 Å². The number of morpholine rings is 1. The molecule has 1 aromatic heterocycles. The van der Waals surface area contributed by atoms with Gasteiger partial charge in [-0.3, -0.25) is 20.2 Å². The van der Waals surface area contributed by atoms with Crippen molar-refractivity contribution in [1.82, 2.24) is 4.98 Å². The first-order valence-corrected chi connectivity index (χ1v) is 10.5. The lowest BCUT2D eigenvalue weighted by molar-refractivity contribution is -0.384. The third-order valence-electron chi connectivity index (χ3n) is 4.90. The number of aromatic nitrogens is 1. The molecule has 1 N–H and O–H groups in total. The minimum absolute atomic E-state index is 0.139. The summed E-state index contributed by atoms with van der Waals surface area (Å²) >= 11 is 1.29. The third kappa shape index (κ3) is 4.65. The molecule has 1 aliphatic rings. The van der Waals surface area contributed by atoms with E-state index in [1.165, 1.54) is 23.5 Å². The van der Waals surface area contributed by atoms with Crippen molar-refractivity contribution in [3.8, 4) is 17.0 Å². The number of methoxy groups -OCH3 is 1. The van der Waals surface area contributed by atoms with Crippen molar-refractivity contribution < 1.29 is 19.2 Å². The number of anilines is 2. The molecule has 3 aromatic rings. The van der Waals surface area contributed by atoms with E-state index in [-0.39, 0.29) is 11.3 Å². The highest BCUT2D eigenvalue weighted by Gasteiger charge is 2.23. The first-order valence-electron chi connectivity index (χ1n) is 9.57. The first-order chi connectivity index (χ1) is 15.0. The van der Waals surface area contributed by atoms with Gasteiger partial charge in [0.05, 0.1) is 42.2 Å². The molecule has 31 heavy (non-hydrogen) atoms. The number of nitro groups is 1. The minimum atomic E-state index is -0.509. The molecule has 1 saturated heterocycles. The molecule has 2 aromatic carbocycles. The number of rotatable bonds is 6. The van der Waals surface area contributed by atoms with Gasteiger partial charge in [-0.2, -0.15) is 0 Å². The zero-order valence-electron chi connectivity index (χ0n) is 16.7. The molecule has 1 fully saturated rings. The SMILES string of the molecule is COc1ccc(-c2csc(NC(=O)c3cc([N+](=O)[O-])ccc3N3CCOCC3)n2)cc1. The predicted molar refractivity (Wildman–Crippen MR) is 118 cm³/mol. The fraction of sp³-hybridized carbons (Fsp3) is 0.238. The lowest BCUT2D eigenvalue weighted by Gasteiger charge is -2.30. The van der Waals surface area contributed by atoms with Crippen LogP contribution in [-0.4, -0.2) is 49.2 Å². The number of carbonyl (C=O) groups excluding carboxylic acids is 1. The van der Waals surface area contributed by atoms with Crippen LogP contribution in [0, 0.1) is 10.1 Å². The molecule has 10 heteroatoms. The molecule has 0 atom stereocenters. The number of amides is 1. The molecule has 4 rings (SSSR count). The van der Waals surface area contributed by atoms with Crippen molar-refractivity contribution in [2.45, 2.75) is 0 Å². The molecule has 0 bridgehead atoms. The Labute approximate surface area is 182 Å². The van der Waals surface area contributed by atoms with Crippen molar-refractivity contribution in [3.05, 3.63) is 63.5 Å². The van der Waals surface area contributed by atoms with E-state index in [1.54, 1.807) is 13.2 Å². The van der Waals surface area contributed by atoms with Gasteiger partial charge in [-0.1, -0.05) is 0 Å². The Kier molecular flexibility index (Phi) is 6.10. The molecule has 2 heterocycles. The molecular weight excluding hydrogens is 420 g/mol. The Hall–Kier alpha value is -3.50. The molecule has 1 aliphatic heterocycles. The summed E-state index contributed by atoms with van der Waals surface area (Å²) in [4.78, 5) is 30.3. The Balaban J connectivity index is 1.58. The Morgan fingerprint density at radius 2 is 1.97 bits per heavy atom. The molecule has 0 radical (unpaired) electrons. The smallest absolute Gasteiger partial charge is 0.270 e. The van der Waals surface area contributed by atoms with E-state index in [2.05, 4.69) is 10.3 Å². The first kappa shape index (κ1) is 20.8. The summed E-state index contributed by atoms with van der Waals surface area (Å²) < 4.78 is 10.5. The molecule has 9 nitrogen and oxygen atoms in total. The number of hydrogen-bond acceptors (Lipinski definition) is 8. The number of nitro benzene ring substituents is 1. The second-order valence-corrected chi connectivity index (χ2v) is 7.64. The molecule has 0 saturated carbocycles. The number of thiazole rings is 1. The van der Waals surface area contributed by atoms with Gasteiger partial charge in [-0.05, 0) is 30.3 Å². The van der Waals surface area contributed by atoms with Crippen LogP contribution in [0.15, 0.2) is 47.8 Å². The van der Waals surface area contributed by atoms with Crippen LogP contribution in [0.4, 0.5) is 16.5 Å². The molecule has 0 aliphatic carbocycles. The van der Waals surface area contributed by atoms with E-state index in [1.807, 2.05) is 34.5 Å². The second-order valence-electron chi connectivity index (χ2n) is 6.78. The average molecular weight is 440 g/mol. The van der Waals surface area contributed by atoms with Gasteiger partial charge >= 0.3 is 0 Å². The van der Waals surface area contributed by atoms with Crippen LogP contribution in [0.3, 0.4) is 0 Å². The van der Waals surface area contributed by atoms with Gasteiger partial charge in [0.15, 0.2) is 5.13 Å². The summed E-state index contributed by atoms with van der Waals surface area (Å²) in [5.74, 6) is 0.301. The fourth-order valence-electron chi connectivity index (χ4n) is 3.29. The third-order valence-corrected chi connectivity index (χ3v) is 5.66.